The summed E-state index contributed by atoms with van der Waals surface area (Å²) in [4.78, 5) is 12.4. The van der Waals surface area contributed by atoms with Gasteiger partial charge in [-0.25, -0.2) is 0 Å². The summed E-state index contributed by atoms with van der Waals surface area (Å²) in [6.45, 7) is 2.36. The van der Waals surface area contributed by atoms with Crippen molar-refractivity contribution in [3.63, 3.8) is 0 Å². The fourth-order valence-corrected chi connectivity index (χ4v) is 2.88. The lowest BCUT2D eigenvalue weighted by atomic mass is 10.1. The van der Waals surface area contributed by atoms with E-state index in [1.54, 1.807) is 11.3 Å². The molecule has 6 heteroatoms. The molecule has 0 spiro atoms. The molecule has 0 aliphatic carbocycles. The lowest BCUT2D eigenvalue weighted by Gasteiger charge is -2.05. The number of aromatic nitrogens is 3. The van der Waals surface area contributed by atoms with Crippen LogP contribution < -0.4 is 4.74 Å². The van der Waals surface area contributed by atoms with Gasteiger partial charge in [-0.05, 0) is 41.4 Å². The monoisotopic (exact) mass is 291 g/mol. The van der Waals surface area contributed by atoms with Crippen LogP contribution in [0.4, 0.5) is 0 Å². The Morgan fingerprint density at radius 3 is 2.95 bits per heavy atom. The van der Waals surface area contributed by atoms with Gasteiger partial charge in [-0.3, -0.25) is 0 Å². The highest BCUT2D eigenvalue weighted by atomic mass is 35.5. The molecule has 0 saturated heterocycles. The lowest BCUT2D eigenvalue weighted by molar-refractivity contribution is 0.312. The van der Waals surface area contributed by atoms with Crippen molar-refractivity contribution < 1.29 is 4.74 Å². The van der Waals surface area contributed by atoms with Gasteiger partial charge in [-0.2, -0.15) is 15.0 Å². The molecule has 0 fully saturated rings. The Morgan fingerprint density at radius 2 is 2.11 bits per heavy atom. The number of rotatable bonds is 3. The molecular weight excluding hydrogens is 282 g/mol. The minimum absolute atomic E-state index is 0.141. The molecule has 0 saturated carbocycles. The van der Waals surface area contributed by atoms with E-state index in [4.69, 9.17) is 16.3 Å². The molecule has 0 bridgehead atoms. The molecule has 96 valence electrons. The third kappa shape index (κ3) is 2.39. The van der Waals surface area contributed by atoms with Crippen molar-refractivity contribution in [2.45, 2.75) is 6.92 Å². The van der Waals surface area contributed by atoms with E-state index in [0.29, 0.717) is 12.4 Å². The summed E-state index contributed by atoms with van der Waals surface area (Å²) in [6.07, 6.45) is 0. The van der Waals surface area contributed by atoms with Crippen LogP contribution in [0.3, 0.4) is 0 Å². The van der Waals surface area contributed by atoms with Gasteiger partial charge >= 0.3 is 6.01 Å². The van der Waals surface area contributed by atoms with Crippen LogP contribution in [0.5, 0.6) is 6.01 Å². The average Bonchev–Trinajstić information content (AvgIpc) is 2.86. The molecule has 4 nitrogen and oxygen atoms in total. The summed E-state index contributed by atoms with van der Waals surface area (Å²) < 4.78 is 6.43. The van der Waals surface area contributed by atoms with Crippen LogP contribution in [-0.2, 0) is 0 Å². The van der Waals surface area contributed by atoms with Crippen LogP contribution in [0.15, 0.2) is 29.6 Å². The summed E-state index contributed by atoms with van der Waals surface area (Å²) >= 11 is 7.57. The lowest BCUT2D eigenvalue weighted by Crippen LogP contribution is -2.01. The average molecular weight is 292 g/mol. The van der Waals surface area contributed by atoms with Crippen molar-refractivity contribution in [1.82, 2.24) is 15.0 Å². The van der Waals surface area contributed by atoms with Crippen LogP contribution >= 0.6 is 22.9 Å². The Kier molecular flexibility index (Phi) is 3.31. The van der Waals surface area contributed by atoms with E-state index in [2.05, 4.69) is 27.1 Å². The van der Waals surface area contributed by atoms with E-state index >= 15 is 0 Å². The number of hydrogen-bond donors (Lipinski definition) is 0. The van der Waals surface area contributed by atoms with Gasteiger partial charge in [0.05, 0.1) is 6.61 Å². The van der Waals surface area contributed by atoms with Gasteiger partial charge in [0.2, 0.25) is 5.28 Å². The zero-order valence-corrected chi connectivity index (χ0v) is 11.7. The van der Waals surface area contributed by atoms with E-state index in [1.807, 2.05) is 24.4 Å². The zero-order chi connectivity index (χ0) is 13.2. The summed E-state index contributed by atoms with van der Waals surface area (Å²) in [6, 6.07) is 8.33. The van der Waals surface area contributed by atoms with Crippen LogP contribution in [0.2, 0.25) is 5.28 Å². The smallest absolute Gasteiger partial charge is 0.321 e. The van der Waals surface area contributed by atoms with Crippen molar-refractivity contribution in [3.8, 4) is 17.4 Å². The molecule has 2 aromatic heterocycles. The maximum absolute atomic E-state index is 5.92. The molecule has 1 aromatic carbocycles. The largest absolute Gasteiger partial charge is 0.464 e. The van der Waals surface area contributed by atoms with Crippen molar-refractivity contribution in [1.29, 1.82) is 0 Å². The van der Waals surface area contributed by atoms with Crippen LogP contribution in [-0.4, -0.2) is 21.6 Å². The second kappa shape index (κ2) is 5.11. The number of nitrogens with zero attached hydrogens (tertiary/aromatic N) is 3. The molecule has 0 aliphatic heterocycles. The minimum Gasteiger partial charge on any atom is -0.464 e. The first-order valence-electron chi connectivity index (χ1n) is 5.79. The van der Waals surface area contributed by atoms with Gasteiger partial charge in [0.1, 0.15) is 0 Å². The van der Waals surface area contributed by atoms with Crippen LogP contribution in [0, 0.1) is 0 Å². The van der Waals surface area contributed by atoms with Crippen molar-refractivity contribution in [2.24, 2.45) is 0 Å². The number of ether oxygens (including phenoxy) is 1. The predicted molar refractivity (Wildman–Crippen MR) is 76.8 cm³/mol. The summed E-state index contributed by atoms with van der Waals surface area (Å²) in [5.74, 6) is 0.538. The Balaban J connectivity index is 2.18. The minimum atomic E-state index is 0.141. The number of thiophene rings is 1. The van der Waals surface area contributed by atoms with E-state index in [-0.39, 0.29) is 11.3 Å². The molecule has 0 radical (unpaired) electrons. The van der Waals surface area contributed by atoms with Gasteiger partial charge in [0.15, 0.2) is 5.82 Å². The number of benzene rings is 1. The molecule has 0 amide bonds. The Bertz CT molecular complexity index is 729. The van der Waals surface area contributed by atoms with Crippen LogP contribution in [0.1, 0.15) is 6.92 Å². The van der Waals surface area contributed by atoms with Gasteiger partial charge in [-0.1, -0.05) is 12.1 Å². The van der Waals surface area contributed by atoms with Gasteiger partial charge in [0, 0.05) is 10.3 Å². The Labute approximate surface area is 119 Å². The molecule has 2 heterocycles. The van der Waals surface area contributed by atoms with Crippen LogP contribution in [0.25, 0.3) is 21.5 Å². The molecule has 0 atom stereocenters. The molecule has 3 aromatic rings. The van der Waals surface area contributed by atoms with E-state index in [1.165, 1.54) is 0 Å². The third-order valence-electron chi connectivity index (χ3n) is 2.58. The second-order valence-corrected chi connectivity index (χ2v) is 5.04. The number of fused-ring (bicyclic) bond motifs is 1. The Hall–Kier alpha value is -1.72. The van der Waals surface area contributed by atoms with E-state index < -0.39 is 0 Å². The number of hydrogen-bond acceptors (Lipinski definition) is 5. The quantitative estimate of drug-likeness (QED) is 0.736. The fourth-order valence-electron chi connectivity index (χ4n) is 1.82. The molecule has 0 unspecified atom stereocenters. The highest BCUT2D eigenvalue weighted by molar-refractivity contribution is 7.17. The zero-order valence-electron chi connectivity index (χ0n) is 10.1. The first-order valence-corrected chi connectivity index (χ1v) is 7.04. The molecule has 0 aliphatic rings. The summed E-state index contributed by atoms with van der Waals surface area (Å²) in [7, 11) is 0. The third-order valence-corrected chi connectivity index (χ3v) is 3.71. The molecule has 0 N–H and O–H groups in total. The maximum Gasteiger partial charge on any atom is 0.321 e. The van der Waals surface area contributed by atoms with E-state index in [0.717, 1.165) is 15.6 Å². The standard InChI is InChI=1S/C13H10ClN3OS/c1-2-18-13-16-11(15-12(14)17-13)9-5-3-4-8-6-7-19-10(8)9/h3-7H,2H2,1H3. The predicted octanol–water partition coefficient (Wildman–Crippen LogP) is 3.81. The SMILES string of the molecule is CCOc1nc(Cl)nc(-c2cccc3ccsc23)n1. The highest BCUT2D eigenvalue weighted by Crippen LogP contribution is 2.31. The fraction of sp³-hybridized carbons (Fsp3) is 0.154. The van der Waals surface area contributed by atoms with Gasteiger partial charge in [-0.15, -0.1) is 11.3 Å². The first-order chi connectivity index (χ1) is 9.28. The molecular formula is C13H10ClN3OS. The van der Waals surface area contributed by atoms with Crippen molar-refractivity contribution in [3.05, 3.63) is 34.9 Å². The topological polar surface area (TPSA) is 47.9 Å². The van der Waals surface area contributed by atoms with Crippen molar-refractivity contribution in [2.75, 3.05) is 6.61 Å². The first kappa shape index (κ1) is 12.3. The maximum atomic E-state index is 5.92. The Morgan fingerprint density at radius 1 is 1.21 bits per heavy atom. The van der Waals surface area contributed by atoms with E-state index in [9.17, 15) is 0 Å². The summed E-state index contributed by atoms with van der Waals surface area (Å²) in [5.41, 5.74) is 0.942. The highest BCUT2D eigenvalue weighted by Gasteiger charge is 2.11. The van der Waals surface area contributed by atoms with Gasteiger partial charge in [0.25, 0.3) is 0 Å². The molecule has 3 rings (SSSR count). The van der Waals surface area contributed by atoms with Crippen molar-refractivity contribution >= 4 is 33.0 Å². The number of halogens is 1. The second-order valence-electron chi connectivity index (χ2n) is 3.79. The molecule has 19 heavy (non-hydrogen) atoms. The summed E-state index contributed by atoms with van der Waals surface area (Å²) in [5, 5.41) is 3.35. The van der Waals surface area contributed by atoms with Gasteiger partial charge < -0.3 is 4.74 Å². The normalized spacial score (nSPS) is 10.8.